The third kappa shape index (κ3) is 2.89. The van der Waals surface area contributed by atoms with Gasteiger partial charge in [-0.1, -0.05) is 78.9 Å². The smallest absolute Gasteiger partial charge is 0.0815 e. The summed E-state index contributed by atoms with van der Waals surface area (Å²) < 4.78 is 0. The molecule has 0 aliphatic carbocycles. The van der Waals surface area contributed by atoms with Gasteiger partial charge in [0.05, 0.1) is 17.7 Å². The number of hydrogen-bond acceptors (Lipinski definition) is 3. The highest BCUT2D eigenvalue weighted by Crippen LogP contribution is 2.40. The van der Waals surface area contributed by atoms with E-state index in [1.807, 2.05) is 19.2 Å². The minimum atomic E-state index is 0.117. The maximum absolute atomic E-state index is 4.74. The van der Waals surface area contributed by atoms with Gasteiger partial charge >= 0.3 is 0 Å². The van der Waals surface area contributed by atoms with E-state index in [9.17, 15) is 0 Å². The van der Waals surface area contributed by atoms with Gasteiger partial charge in [0.15, 0.2) is 0 Å². The Morgan fingerprint density at radius 2 is 1.44 bits per heavy atom. The number of hydrogen-bond donors (Lipinski definition) is 2. The predicted octanol–water partition coefficient (Wildman–Crippen LogP) is 4.56. The van der Waals surface area contributed by atoms with Gasteiger partial charge in [0.25, 0.3) is 0 Å². The predicted molar refractivity (Wildman–Crippen MR) is 104 cm³/mol. The molecule has 2 N–H and O–H groups in total. The van der Waals surface area contributed by atoms with Gasteiger partial charge in [-0.15, -0.1) is 0 Å². The minimum Gasteiger partial charge on any atom is -0.388 e. The van der Waals surface area contributed by atoms with E-state index < -0.39 is 0 Å². The van der Waals surface area contributed by atoms with E-state index >= 15 is 0 Å². The Morgan fingerprint density at radius 3 is 2.16 bits per heavy atom. The molecule has 0 amide bonds. The largest absolute Gasteiger partial charge is 0.388 e. The molecule has 3 aromatic carbocycles. The van der Waals surface area contributed by atoms with Crippen LogP contribution in [0, 0.1) is 0 Å². The Balaban J connectivity index is 1.83. The molecule has 25 heavy (non-hydrogen) atoms. The summed E-state index contributed by atoms with van der Waals surface area (Å²) in [5.41, 5.74) is 9.26. The van der Waals surface area contributed by atoms with Crippen molar-refractivity contribution in [3.8, 4) is 0 Å². The van der Waals surface area contributed by atoms with Crippen LogP contribution < -0.4 is 10.7 Å². The first-order valence-corrected chi connectivity index (χ1v) is 8.58. The molecule has 0 bridgehead atoms. The van der Waals surface area contributed by atoms with E-state index in [2.05, 4.69) is 83.5 Å². The summed E-state index contributed by atoms with van der Waals surface area (Å²) >= 11 is 0. The van der Waals surface area contributed by atoms with Gasteiger partial charge < -0.3 is 10.7 Å². The van der Waals surface area contributed by atoms with Crippen LogP contribution in [0.1, 0.15) is 28.7 Å². The van der Waals surface area contributed by atoms with Gasteiger partial charge in [0, 0.05) is 12.7 Å². The third-order valence-corrected chi connectivity index (χ3v) is 4.75. The summed E-state index contributed by atoms with van der Waals surface area (Å²) in [5.74, 6) is 0.147. The second-order valence-corrected chi connectivity index (χ2v) is 6.20. The summed E-state index contributed by atoms with van der Waals surface area (Å²) in [5, 5.41) is 8.07. The Labute approximate surface area is 148 Å². The van der Waals surface area contributed by atoms with Crippen LogP contribution in [-0.4, -0.2) is 12.8 Å². The standard InChI is InChI=1S/C22H21N3/c1-23-19-15-9-8-14-18(19)20-21(16-10-4-2-5-11-16)24-25-22(20)17-12-6-3-7-13-17/h2-15,20-21,23-24H,1H3. The molecule has 0 aromatic heterocycles. The van der Waals surface area contributed by atoms with Crippen molar-refractivity contribution >= 4 is 11.4 Å². The lowest BCUT2D eigenvalue weighted by atomic mass is 9.81. The molecule has 0 saturated heterocycles. The molecule has 1 heterocycles. The van der Waals surface area contributed by atoms with Crippen molar-refractivity contribution < 1.29 is 0 Å². The van der Waals surface area contributed by atoms with Gasteiger partial charge in [0.2, 0.25) is 0 Å². The fourth-order valence-corrected chi connectivity index (χ4v) is 3.54. The summed E-state index contributed by atoms with van der Waals surface area (Å²) in [6.45, 7) is 0. The normalized spacial score (nSPS) is 19.2. The summed E-state index contributed by atoms with van der Waals surface area (Å²) in [6, 6.07) is 29.6. The molecule has 0 fully saturated rings. The molecular formula is C22H21N3. The lowest BCUT2D eigenvalue weighted by Crippen LogP contribution is -2.21. The Bertz CT molecular complexity index is 872. The van der Waals surface area contributed by atoms with Gasteiger partial charge in [-0.3, -0.25) is 0 Å². The molecule has 0 spiro atoms. The third-order valence-electron chi connectivity index (χ3n) is 4.75. The van der Waals surface area contributed by atoms with Crippen LogP contribution in [-0.2, 0) is 0 Å². The van der Waals surface area contributed by atoms with E-state index in [0.29, 0.717) is 0 Å². The summed E-state index contributed by atoms with van der Waals surface area (Å²) in [6.07, 6.45) is 0. The molecule has 124 valence electrons. The lowest BCUT2D eigenvalue weighted by Gasteiger charge is -2.24. The number of hydrazone groups is 1. The molecule has 0 radical (unpaired) electrons. The molecule has 1 aliphatic rings. The first-order valence-electron chi connectivity index (χ1n) is 8.58. The second kappa shape index (κ2) is 6.81. The number of nitrogens with zero attached hydrogens (tertiary/aromatic N) is 1. The van der Waals surface area contributed by atoms with Crippen LogP contribution in [0.5, 0.6) is 0 Å². The van der Waals surface area contributed by atoms with Crippen molar-refractivity contribution in [3.05, 3.63) is 102 Å². The highest BCUT2D eigenvalue weighted by molar-refractivity contribution is 6.07. The Hall–Kier alpha value is -3.07. The summed E-state index contributed by atoms with van der Waals surface area (Å²) in [7, 11) is 1.97. The molecule has 2 atom stereocenters. The van der Waals surface area contributed by atoms with Crippen molar-refractivity contribution in [1.82, 2.24) is 5.43 Å². The molecular weight excluding hydrogens is 306 g/mol. The van der Waals surface area contributed by atoms with E-state index in [1.165, 1.54) is 11.1 Å². The molecule has 2 unspecified atom stereocenters. The van der Waals surface area contributed by atoms with Gasteiger partial charge in [0.1, 0.15) is 0 Å². The average molecular weight is 327 g/mol. The lowest BCUT2D eigenvalue weighted by molar-refractivity contribution is 0.574. The maximum Gasteiger partial charge on any atom is 0.0815 e. The molecule has 3 nitrogen and oxygen atoms in total. The van der Waals surface area contributed by atoms with Crippen molar-refractivity contribution in [2.75, 3.05) is 12.4 Å². The number of rotatable bonds is 4. The first kappa shape index (κ1) is 15.5. The van der Waals surface area contributed by atoms with Crippen LogP contribution in [0.2, 0.25) is 0 Å². The Kier molecular flexibility index (Phi) is 4.21. The fraction of sp³-hybridized carbons (Fsp3) is 0.136. The zero-order valence-corrected chi connectivity index (χ0v) is 14.2. The number of benzene rings is 3. The second-order valence-electron chi connectivity index (χ2n) is 6.20. The van der Waals surface area contributed by atoms with Crippen LogP contribution in [0.25, 0.3) is 0 Å². The number of anilines is 1. The van der Waals surface area contributed by atoms with Crippen molar-refractivity contribution in [2.24, 2.45) is 5.10 Å². The Morgan fingerprint density at radius 1 is 0.800 bits per heavy atom. The van der Waals surface area contributed by atoms with E-state index in [4.69, 9.17) is 5.10 Å². The van der Waals surface area contributed by atoms with Crippen LogP contribution >= 0.6 is 0 Å². The van der Waals surface area contributed by atoms with Crippen LogP contribution in [0.3, 0.4) is 0 Å². The molecule has 3 aromatic rings. The number of para-hydroxylation sites is 1. The van der Waals surface area contributed by atoms with E-state index in [1.54, 1.807) is 0 Å². The first-order chi connectivity index (χ1) is 12.4. The van der Waals surface area contributed by atoms with Gasteiger partial charge in [-0.05, 0) is 22.8 Å². The topological polar surface area (TPSA) is 36.4 Å². The zero-order chi connectivity index (χ0) is 17.1. The van der Waals surface area contributed by atoms with Gasteiger partial charge in [-0.25, -0.2) is 0 Å². The van der Waals surface area contributed by atoms with Crippen LogP contribution in [0.15, 0.2) is 90.0 Å². The zero-order valence-electron chi connectivity index (χ0n) is 14.2. The quantitative estimate of drug-likeness (QED) is 0.737. The van der Waals surface area contributed by atoms with Crippen molar-refractivity contribution in [3.63, 3.8) is 0 Å². The molecule has 1 aliphatic heterocycles. The molecule has 3 heteroatoms. The molecule has 4 rings (SSSR count). The number of nitrogens with one attached hydrogen (secondary N) is 2. The summed E-state index contributed by atoms with van der Waals surface area (Å²) in [4.78, 5) is 0. The average Bonchev–Trinajstić information content (AvgIpc) is 3.14. The van der Waals surface area contributed by atoms with Crippen molar-refractivity contribution in [2.45, 2.75) is 12.0 Å². The fourth-order valence-electron chi connectivity index (χ4n) is 3.54. The van der Waals surface area contributed by atoms with E-state index in [-0.39, 0.29) is 12.0 Å². The van der Waals surface area contributed by atoms with Crippen LogP contribution in [0.4, 0.5) is 5.69 Å². The monoisotopic (exact) mass is 327 g/mol. The minimum absolute atomic E-state index is 0.117. The van der Waals surface area contributed by atoms with E-state index in [0.717, 1.165) is 17.0 Å². The maximum atomic E-state index is 4.74. The van der Waals surface area contributed by atoms with Gasteiger partial charge in [-0.2, -0.15) is 5.10 Å². The highest BCUT2D eigenvalue weighted by Gasteiger charge is 2.35. The molecule has 0 saturated carbocycles. The highest BCUT2D eigenvalue weighted by atomic mass is 15.3. The SMILES string of the molecule is CNc1ccccc1C1C(c2ccccc2)=NNC1c1ccccc1. The van der Waals surface area contributed by atoms with Crippen molar-refractivity contribution in [1.29, 1.82) is 0 Å².